The zero-order chi connectivity index (χ0) is 17.1. The summed E-state index contributed by atoms with van der Waals surface area (Å²) >= 11 is 1.64. The molecule has 0 saturated heterocycles. The molecule has 0 fully saturated rings. The maximum absolute atomic E-state index is 12.4. The summed E-state index contributed by atoms with van der Waals surface area (Å²) in [5, 5.41) is 4.78. The first-order valence-electron chi connectivity index (χ1n) is 7.74. The molecule has 2 aromatic heterocycles. The molecule has 0 spiro atoms. The van der Waals surface area contributed by atoms with Gasteiger partial charge in [0.05, 0.1) is 28.7 Å². The Morgan fingerprint density at radius 3 is 2.71 bits per heavy atom. The number of hydrogen-bond donors (Lipinski definition) is 0. The zero-order valence-corrected chi connectivity index (χ0v) is 14.7. The van der Waals surface area contributed by atoms with Gasteiger partial charge in [-0.1, -0.05) is 35.5 Å². The van der Waals surface area contributed by atoms with Gasteiger partial charge in [-0.25, -0.2) is 4.98 Å². The predicted molar refractivity (Wildman–Crippen MR) is 93.7 cm³/mol. The van der Waals surface area contributed by atoms with E-state index in [-0.39, 0.29) is 18.4 Å². The van der Waals surface area contributed by atoms with E-state index >= 15 is 0 Å². The van der Waals surface area contributed by atoms with Gasteiger partial charge >= 0.3 is 0 Å². The normalized spacial score (nSPS) is 12.1. The fourth-order valence-electron chi connectivity index (χ4n) is 2.50. The van der Waals surface area contributed by atoms with Crippen molar-refractivity contribution in [1.29, 1.82) is 0 Å². The summed E-state index contributed by atoms with van der Waals surface area (Å²) in [6.07, 6.45) is 1.71. The van der Waals surface area contributed by atoms with Crippen LogP contribution in [0.1, 0.15) is 29.2 Å². The first kappa shape index (κ1) is 16.4. The quantitative estimate of drug-likeness (QED) is 0.707. The molecule has 2 heterocycles. The number of aromatic nitrogens is 2. The summed E-state index contributed by atoms with van der Waals surface area (Å²) in [4.78, 5) is 20.0. The lowest BCUT2D eigenvalue weighted by Gasteiger charge is -2.24. The van der Waals surface area contributed by atoms with Crippen molar-refractivity contribution >= 4 is 17.2 Å². The molecule has 0 aliphatic heterocycles. The van der Waals surface area contributed by atoms with E-state index in [0.29, 0.717) is 5.69 Å². The molecule has 1 amide bonds. The number of nitrogens with zero attached hydrogens (tertiary/aromatic N) is 3. The third kappa shape index (κ3) is 3.38. The van der Waals surface area contributed by atoms with Gasteiger partial charge in [-0.2, -0.15) is 0 Å². The van der Waals surface area contributed by atoms with Crippen LogP contribution >= 0.6 is 11.3 Å². The van der Waals surface area contributed by atoms with Crippen molar-refractivity contribution in [2.45, 2.75) is 26.3 Å². The molecule has 0 bridgehead atoms. The molecule has 3 aromatic rings. The van der Waals surface area contributed by atoms with Crippen LogP contribution in [-0.4, -0.2) is 28.0 Å². The smallest absolute Gasteiger partial charge is 0.228 e. The number of carbonyl (C=O) groups is 1. The zero-order valence-electron chi connectivity index (χ0n) is 13.9. The lowest BCUT2D eigenvalue weighted by Crippen LogP contribution is -2.31. The van der Waals surface area contributed by atoms with Gasteiger partial charge in [0.1, 0.15) is 11.3 Å². The Hall–Kier alpha value is -2.47. The molecule has 124 valence electrons. The van der Waals surface area contributed by atoms with Gasteiger partial charge in [0.25, 0.3) is 0 Å². The van der Waals surface area contributed by atoms with E-state index in [4.69, 9.17) is 4.52 Å². The van der Waals surface area contributed by atoms with Crippen LogP contribution in [-0.2, 0) is 11.2 Å². The molecule has 24 heavy (non-hydrogen) atoms. The van der Waals surface area contributed by atoms with Crippen LogP contribution in [0.25, 0.3) is 10.6 Å². The highest BCUT2D eigenvalue weighted by Crippen LogP contribution is 2.33. The van der Waals surface area contributed by atoms with Crippen molar-refractivity contribution < 1.29 is 9.32 Å². The Bertz CT molecular complexity index is 812. The van der Waals surface area contributed by atoms with Crippen LogP contribution in [0.3, 0.4) is 0 Å². The molecule has 0 aliphatic carbocycles. The van der Waals surface area contributed by atoms with E-state index in [1.165, 1.54) is 6.26 Å². The van der Waals surface area contributed by atoms with Gasteiger partial charge in [-0.3, -0.25) is 4.79 Å². The fourth-order valence-corrected chi connectivity index (χ4v) is 3.67. The van der Waals surface area contributed by atoms with Gasteiger partial charge in [-0.05, 0) is 13.8 Å². The number of carbonyl (C=O) groups excluding carboxylic acids is 1. The minimum atomic E-state index is -0.0423. The molecule has 5 nitrogen and oxygen atoms in total. The van der Waals surface area contributed by atoms with Crippen LogP contribution in [0.5, 0.6) is 0 Å². The van der Waals surface area contributed by atoms with Gasteiger partial charge in [0, 0.05) is 18.7 Å². The van der Waals surface area contributed by atoms with E-state index in [9.17, 15) is 4.79 Å². The van der Waals surface area contributed by atoms with E-state index in [2.05, 4.69) is 10.1 Å². The molecular weight excluding hydrogens is 322 g/mol. The molecule has 1 aromatic carbocycles. The molecule has 0 radical (unpaired) electrons. The van der Waals surface area contributed by atoms with Crippen molar-refractivity contribution in [3.05, 3.63) is 58.9 Å². The second-order valence-corrected chi connectivity index (χ2v) is 6.71. The molecule has 6 heteroatoms. The molecule has 0 saturated carbocycles. The molecule has 1 atom stereocenters. The second-order valence-electron chi connectivity index (χ2n) is 5.68. The van der Waals surface area contributed by atoms with Crippen molar-refractivity contribution in [2.24, 2.45) is 0 Å². The monoisotopic (exact) mass is 341 g/mol. The topological polar surface area (TPSA) is 59.2 Å². The second kappa shape index (κ2) is 6.97. The summed E-state index contributed by atoms with van der Waals surface area (Å²) in [5.74, 6) is 0.00506. The number of aryl methyl sites for hydroxylation is 1. The summed E-state index contributed by atoms with van der Waals surface area (Å²) in [6, 6.07) is 11.8. The lowest BCUT2D eigenvalue weighted by atomic mass is 10.2. The highest BCUT2D eigenvalue weighted by Gasteiger charge is 2.23. The Morgan fingerprint density at radius 1 is 1.29 bits per heavy atom. The first-order chi connectivity index (χ1) is 11.6. The minimum absolute atomic E-state index is 0.00506. The van der Waals surface area contributed by atoms with Crippen LogP contribution < -0.4 is 0 Å². The van der Waals surface area contributed by atoms with Crippen molar-refractivity contribution in [3.63, 3.8) is 0 Å². The average molecular weight is 341 g/mol. The first-order valence-corrected chi connectivity index (χ1v) is 8.55. The van der Waals surface area contributed by atoms with Crippen LogP contribution in [0, 0.1) is 6.92 Å². The molecule has 0 N–H and O–H groups in total. The van der Waals surface area contributed by atoms with E-state index in [1.807, 2.05) is 51.2 Å². The maximum atomic E-state index is 12.4. The Kier molecular flexibility index (Phi) is 4.76. The highest BCUT2D eigenvalue weighted by atomic mass is 32.1. The number of amides is 1. The Morgan fingerprint density at radius 2 is 2.04 bits per heavy atom. The molecule has 0 unspecified atom stereocenters. The van der Waals surface area contributed by atoms with Gasteiger partial charge in [-0.15, -0.1) is 11.3 Å². The summed E-state index contributed by atoms with van der Waals surface area (Å²) in [5.41, 5.74) is 2.71. The third-order valence-corrected chi connectivity index (χ3v) is 5.41. The lowest BCUT2D eigenvalue weighted by molar-refractivity contribution is -0.131. The summed E-state index contributed by atoms with van der Waals surface area (Å²) in [7, 11) is 1.81. The molecule has 3 rings (SSSR count). The van der Waals surface area contributed by atoms with E-state index in [0.717, 1.165) is 21.1 Å². The van der Waals surface area contributed by atoms with Gasteiger partial charge < -0.3 is 9.42 Å². The average Bonchev–Trinajstić information content (AvgIpc) is 3.24. The van der Waals surface area contributed by atoms with Crippen LogP contribution in [0.4, 0.5) is 0 Å². The van der Waals surface area contributed by atoms with E-state index < -0.39 is 0 Å². The number of hydrogen-bond acceptors (Lipinski definition) is 5. The Labute approximate surface area is 144 Å². The predicted octanol–water partition coefficient (Wildman–Crippen LogP) is 3.87. The highest BCUT2D eigenvalue weighted by molar-refractivity contribution is 7.15. The SMILES string of the molecule is Cc1nc(-c2ccccc2)sc1[C@H](C)N(C)C(=O)Cc1ccon1. The van der Waals surface area contributed by atoms with Crippen LogP contribution in [0.15, 0.2) is 47.2 Å². The largest absolute Gasteiger partial charge is 0.364 e. The minimum Gasteiger partial charge on any atom is -0.364 e. The van der Waals surface area contributed by atoms with Gasteiger partial charge in [0.2, 0.25) is 5.91 Å². The third-order valence-electron chi connectivity index (χ3n) is 4.03. The Balaban J connectivity index is 1.78. The molecular formula is C18H19N3O2S. The maximum Gasteiger partial charge on any atom is 0.228 e. The number of likely N-dealkylation sites (N-methyl/N-ethyl adjacent to an activating group) is 1. The van der Waals surface area contributed by atoms with E-state index in [1.54, 1.807) is 22.3 Å². The number of benzene rings is 1. The van der Waals surface area contributed by atoms with Crippen molar-refractivity contribution in [1.82, 2.24) is 15.0 Å². The number of rotatable bonds is 5. The molecule has 0 aliphatic rings. The van der Waals surface area contributed by atoms with Crippen molar-refractivity contribution in [2.75, 3.05) is 7.05 Å². The van der Waals surface area contributed by atoms with Gasteiger partial charge in [0.15, 0.2) is 0 Å². The van der Waals surface area contributed by atoms with Crippen LogP contribution in [0.2, 0.25) is 0 Å². The number of thiazole rings is 1. The fraction of sp³-hybridized carbons (Fsp3) is 0.278. The van der Waals surface area contributed by atoms with Crippen molar-refractivity contribution in [3.8, 4) is 10.6 Å². The standard InChI is InChI=1S/C18H19N3O2S/c1-12-17(24-18(19-12)14-7-5-4-6-8-14)13(2)21(3)16(22)11-15-9-10-23-20-15/h4-10,13H,11H2,1-3H3/t13-/m0/s1. The summed E-state index contributed by atoms with van der Waals surface area (Å²) < 4.78 is 4.78. The summed E-state index contributed by atoms with van der Waals surface area (Å²) in [6.45, 7) is 4.01.